The summed E-state index contributed by atoms with van der Waals surface area (Å²) < 4.78 is 5.97. The van der Waals surface area contributed by atoms with E-state index in [1.165, 1.54) is 32.9 Å². The molecule has 0 saturated carbocycles. The number of hydrogen-bond acceptors (Lipinski definition) is 4. The fourth-order valence-electron chi connectivity index (χ4n) is 5.49. The first-order valence-corrected chi connectivity index (χ1v) is 16.1. The third-order valence-corrected chi connectivity index (χ3v) is 9.83. The molecule has 4 nitrogen and oxygen atoms in total. The number of aromatic nitrogens is 2. The highest BCUT2D eigenvalue weighted by Gasteiger charge is 2.27. The van der Waals surface area contributed by atoms with Crippen LogP contribution in [0.2, 0.25) is 0 Å². The molecule has 6 heteroatoms. The van der Waals surface area contributed by atoms with Crippen LogP contribution in [0, 0.1) is 0 Å². The van der Waals surface area contributed by atoms with Crippen molar-refractivity contribution in [3.05, 3.63) is 133 Å². The second-order valence-corrected chi connectivity index (χ2v) is 12.1. The Morgan fingerprint density at radius 3 is 2.17 bits per heavy atom. The highest BCUT2D eigenvalue weighted by atomic mass is 32.1. The SMILES string of the molecule is CCN1C=C/C(=C/C=c2/s/c(=C/c3sc(-c4ccccc4)c(-c4ccccc4)[n+]3CC)n(CC)c2=O)c2ccccc21. The van der Waals surface area contributed by atoms with Crippen LogP contribution in [-0.4, -0.2) is 11.1 Å². The molecule has 0 unspecified atom stereocenters. The topological polar surface area (TPSA) is 29.1 Å². The first kappa shape index (κ1) is 27.9. The molecule has 0 spiro atoms. The van der Waals surface area contributed by atoms with Gasteiger partial charge in [0.05, 0.1) is 10.6 Å². The van der Waals surface area contributed by atoms with Crippen molar-refractivity contribution in [1.29, 1.82) is 0 Å². The minimum Gasteiger partial charge on any atom is -0.348 e. The molecule has 1 aliphatic rings. The van der Waals surface area contributed by atoms with Gasteiger partial charge in [-0.25, -0.2) is 0 Å². The highest BCUT2D eigenvalue weighted by Crippen LogP contribution is 2.36. The molecule has 0 fully saturated rings. The van der Waals surface area contributed by atoms with Crippen molar-refractivity contribution >= 4 is 46.1 Å². The van der Waals surface area contributed by atoms with Gasteiger partial charge in [0.25, 0.3) is 10.6 Å². The first-order chi connectivity index (χ1) is 20.6. The number of benzene rings is 3. The molecular formula is C36H34N3OS2+. The van der Waals surface area contributed by atoms with Crippen molar-refractivity contribution in [1.82, 2.24) is 4.57 Å². The average molecular weight is 589 g/mol. The van der Waals surface area contributed by atoms with Gasteiger partial charge in [0.2, 0.25) is 5.69 Å². The molecule has 0 aliphatic carbocycles. The minimum absolute atomic E-state index is 0.0556. The lowest BCUT2D eigenvalue weighted by molar-refractivity contribution is -0.679. The number of para-hydroxylation sites is 1. The fourth-order valence-corrected chi connectivity index (χ4v) is 7.90. The molecule has 42 heavy (non-hydrogen) atoms. The van der Waals surface area contributed by atoms with E-state index in [0.717, 1.165) is 32.9 Å². The van der Waals surface area contributed by atoms with E-state index in [-0.39, 0.29) is 5.56 Å². The van der Waals surface area contributed by atoms with Crippen molar-refractivity contribution < 1.29 is 4.57 Å². The summed E-state index contributed by atoms with van der Waals surface area (Å²) in [6.07, 6.45) is 10.5. The summed E-state index contributed by atoms with van der Waals surface area (Å²) in [4.78, 5) is 17.0. The molecule has 0 atom stereocenters. The van der Waals surface area contributed by atoms with Gasteiger partial charge in [-0.1, -0.05) is 84.1 Å². The van der Waals surface area contributed by atoms with Gasteiger partial charge in [-0.05, 0) is 62.3 Å². The Kier molecular flexibility index (Phi) is 8.17. The fraction of sp³-hybridized carbons (Fsp3) is 0.167. The number of rotatable bonds is 7. The third-order valence-electron chi connectivity index (χ3n) is 7.57. The summed E-state index contributed by atoms with van der Waals surface area (Å²) in [5.74, 6) is 0. The molecule has 210 valence electrons. The summed E-state index contributed by atoms with van der Waals surface area (Å²) >= 11 is 3.34. The molecule has 5 aromatic rings. The lowest BCUT2D eigenvalue weighted by atomic mass is 9.99. The summed E-state index contributed by atoms with van der Waals surface area (Å²) in [6, 6.07) is 29.6. The van der Waals surface area contributed by atoms with Gasteiger partial charge in [-0.2, -0.15) is 4.57 Å². The molecule has 0 saturated heterocycles. The molecule has 3 aromatic carbocycles. The average Bonchev–Trinajstić information content (AvgIpc) is 3.56. The van der Waals surface area contributed by atoms with Crippen molar-refractivity contribution in [2.75, 3.05) is 11.4 Å². The number of fused-ring (bicyclic) bond motifs is 1. The van der Waals surface area contributed by atoms with Gasteiger partial charge in [0.15, 0.2) is 0 Å². The third kappa shape index (κ3) is 5.24. The zero-order chi connectivity index (χ0) is 29.1. The van der Waals surface area contributed by atoms with Crippen LogP contribution in [0.4, 0.5) is 5.69 Å². The molecule has 0 amide bonds. The molecule has 6 rings (SSSR count). The van der Waals surface area contributed by atoms with Crippen LogP contribution in [0.15, 0.2) is 108 Å². The molecule has 0 N–H and O–H groups in total. The number of anilines is 1. The van der Waals surface area contributed by atoms with Gasteiger partial charge < -0.3 is 4.90 Å². The number of nitrogens with zero attached hydrogens (tertiary/aromatic N) is 3. The van der Waals surface area contributed by atoms with Crippen LogP contribution in [0.25, 0.3) is 39.4 Å². The van der Waals surface area contributed by atoms with Crippen LogP contribution in [-0.2, 0) is 13.1 Å². The first-order valence-electron chi connectivity index (χ1n) is 14.5. The van der Waals surface area contributed by atoms with Gasteiger partial charge >= 0.3 is 0 Å². The minimum atomic E-state index is 0.0556. The van der Waals surface area contributed by atoms with Crippen molar-refractivity contribution in [3.8, 4) is 21.7 Å². The zero-order valence-corrected chi connectivity index (χ0v) is 25.8. The quantitative estimate of drug-likeness (QED) is 0.199. The van der Waals surface area contributed by atoms with Crippen LogP contribution >= 0.6 is 22.7 Å². The normalized spacial score (nSPS) is 14.6. The Morgan fingerprint density at radius 1 is 0.786 bits per heavy atom. The van der Waals surface area contributed by atoms with Gasteiger partial charge in [0, 0.05) is 36.1 Å². The Hall–Kier alpha value is -4.26. The van der Waals surface area contributed by atoms with Crippen LogP contribution in [0.5, 0.6) is 0 Å². The van der Waals surface area contributed by atoms with E-state index < -0.39 is 0 Å². The molecule has 3 heterocycles. The Balaban J connectivity index is 1.50. The van der Waals surface area contributed by atoms with Crippen molar-refractivity contribution in [3.63, 3.8) is 0 Å². The number of allylic oxidation sites excluding steroid dienone is 3. The van der Waals surface area contributed by atoms with E-state index >= 15 is 0 Å². The maximum atomic E-state index is 13.6. The summed E-state index contributed by atoms with van der Waals surface area (Å²) in [5, 5.41) is 1.13. The maximum Gasteiger partial charge on any atom is 0.269 e. The number of hydrogen-bond donors (Lipinski definition) is 0. The predicted octanol–water partition coefficient (Wildman–Crippen LogP) is 6.68. The van der Waals surface area contributed by atoms with Gasteiger partial charge in [-0.3, -0.25) is 9.36 Å². The molecular weight excluding hydrogens is 555 g/mol. The van der Waals surface area contributed by atoms with Crippen molar-refractivity contribution in [2.24, 2.45) is 0 Å². The number of thiazole rings is 2. The van der Waals surface area contributed by atoms with E-state index in [1.807, 2.05) is 17.6 Å². The van der Waals surface area contributed by atoms with Crippen LogP contribution in [0.3, 0.4) is 0 Å². The molecule has 0 radical (unpaired) electrons. The van der Waals surface area contributed by atoms with Crippen LogP contribution < -0.4 is 24.2 Å². The van der Waals surface area contributed by atoms with Crippen LogP contribution in [0.1, 0.15) is 31.3 Å². The predicted molar refractivity (Wildman–Crippen MR) is 179 cm³/mol. The molecule has 0 bridgehead atoms. The van der Waals surface area contributed by atoms with Gasteiger partial charge in [-0.15, -0.1) is 11.3 Å². The maximum absolute atomic E-state index is 13.6. The largest absolute Gasteiger partial charge is 0.348 e. The second kappa shape index (κ2) is 12.3. The second-order valence-electron chi connectivity index (χ2n) is 10.0. The van der Waals surface area contributed by atoms with E-state index in [0.29, 0.717) is 6.54 Å². The van der Waals surface area contributed by atoms with Gasteiger partial charge in [0.1, 0.15) is 16.1 Å². The smallest absolute Gasteiger partial charge is 0.269 e. The van der Waals surface area contributed by atoms with E-state index in [2.05, 4.69) is 133 Å². The summed E-state index contributed by atoms with van der Waals surface area (Å²) in [7, 11) is 0. The molecule has 2 aromatic heterocycles. The van der Waals surface area contributed by atoms with E-state index in [1.54, 1.807) is 22.7 Å². The Labute approximate surface area is 254 Å². The summed E-state index contributed by atoms with van der Waals surface area (Å²) in [6.45, 7) is 8.74. The standard InChI is InChI=1S/C36H34N3OS2/c1-4-37-24-23-26(29-19-13-14-20-30(29)37)21-22-31-36(40)39(6-3)33(41-31)25-32-38(5-2)34(27-15-9-7-10-16-27)35(42-32)28-17-11-8-12-18-28/h7-25H,4-6H2,1-3H3/q+1/b26-21-,31-22+. The monoisotopic (exact) mass is 588 g/mol. The molecule has 1 aliphatic heterocycles. The lowest BCUT2D eigenvalue weighted by Crippen LogP contribution is -2.36. The van der Waals surface area contributed by atoms with Crippen molar-refractivity contribution in [2.45, 2.75) is 33.9 Å². The van der Waals surface area contributed by atoms with E-state index in [4.69, 9.17) is 0 Å². The highest BCUT2D eigenvalue weighted by molar-refractivity contribution is 7.16. The Bertz CT molecular complexity index is 1960. The lowest BCUT2D eigenvalue weighted by Gasteiger charge is -2.26. The van der Waals surface area contributed by atoms with E-state index in [9.17, 15) is 4.79 Å². The zero-order valence-electron chi connectivity index (χ0n) is 24.2. The Morgan fingerprint density at radius 2 is 1.48 bits per heavy atom. The summed E-state index contributed by atoms with van der Waals surface area (Å²) in [5.41, 5.74) is 7.14.